The number of anilines is 1. The molecule has 0 bridgehead atoms. The molecule has 0 aromatic heterocycles. The van der Waals surface area contributed by atoms with Gasteiger partial charge in [0.2, 0.25) is 5.91 Å². The maximum absolute atomic E-state index is 12.9. The van der Waals surface area contributed by atoms with E-state index < -0.39 is 23.6 Å². The van der Waals surface area contributed by atoms with Crippen LogP contribution in [0.5, 0.6) is 17.2 Å². The summed E-state index contributed by atoms with van der Waals surface area (Å²) in [7, 11) is 3.01. The summed E-state index contributed by atoms with van der Waals surface area (Å²) in [5, 5.41) is 2.42. The normalized spacial score (nSPS) is 14.1. The van der Waals surface area contributed by atoms with Crippen LogP contribution < -0.4 is 19.5 Å². The molecule has 1 aliphatic rings. The summed E-state index contributed by atoms with van der Waals surface area (Å²) in [5.74, 6) is 0.405. The third-order valence-electron chi connectivity index (χ3n) is 5.40. The fraction of sp³-hybridized carbons (Fsp3) is 0.148. The number of carbonyl (C=O) groups excluding carboxylic acids is 3. The van der Waals surface area contributed by atoms with E-state index >= 15 is 0 Å². The second kappa shape index (κ2) is 12.5. The van der Waals surface area contributed by atoms with Crippen LogP contribution in [-0.4, -0.2) is 42.7 Å². The van der Waals surface area contributed by atoms with E-state index in [-0.39, 0.29) is 4.91 Å². The van der Waals surface area contributed by atoms with Gasteiger partial charge in [-0.3, -0.25) is 19.3 Å². The molecule has 0 saturated carbocycles. The second-order valence-corrected chi connectivity index (χ2v) is 10.6. The minimum absolute atomic E-state index is 0.199. The van der Waals surface area contributed by atoms with Crippen molar-refractivity contribution in [1.82, 2.24) is 4.90 Å². The van der Waals surface area contributed by atoms with Gasteiger partial charge in [-0.25, -0.2) is 0 Å². The Bertz CT molecular complexity index is 1410. The average Bonchev–Trinajstić information content (AvgIpc) is 3.16. The molecule has 0 atom stereocenters. The Morgan fingerprint density at radius 2 is 1.71 bits per heavy atom. The summed E-state index contributed by atoms with van der Waals surface area (Å²) in [6, 6.07) is 18.0. The lowest BCUT2D eigenvalue weighted by atomic mass is 10.1. The van der Waals surface area contributed by atoms with E-state index in [0.29, 0.717) is 40.1 Å². The first kappa shape index (κ1) is 27.8. The van der Waals surface area contributed by atoms with Gasteiger partial charge in [-0.15, -0.1) is 0 Å². The maximum Gasteiger partial charge on any atom is 0.294 e. The number of imide groups is 1. The molecule has 8 nitrogen and oxygen atoms in total. The fourth-order valence-electron chi connectivity index (χ4n) is 3.51. The van der Waals surface area contributed by atoms with Crippen LogP contribution in [0.4, 0.5) is 10.5 Å². The topological polar surface area (TPSA) is 94.2 Å². The van der Waals surface area contributed by atoms with E-state index in [4.69, 9.17) is 25.8 Å². The monoisotopic (exact) mass is 664 g/mol. The number of rotatable bonds is 9. The van der Waals surface area contributed by atoms with Crippen LogP contribution in [-0.2, 0) is 16.2 Å². The van der Waals surface area contributed by atoms with E-state index in [2.05, 4.69) is 27.9 Å². The van der Waals surface area contributed by atoms with Crippen LogP contribution in [0.1, 0.15) is 11.1 Å². The summed E-state index contributed by atoms with van der Waals surface area (Å²) in [6.07, 6.45) is 1.58. The van der Waals surface area contributed by atoms with E-state index in [9.17, 15) is 14.4 Å². The van der Waals surface area contributed by atoms with Crippen molar-refractivity contribution in [2.45, 2.75) is 6.61 Å². The Hall–Kier alpha value is -3.22. The molecule has 11 heteroatoms. The molecule has 1 fully saturated rings. The first-order valence-corrected chi connectivity index (χ1v) is 13.5. The van der Waals surface area contributed by atoms with Gasteiger partial charge in [0, 0.05) is 9.26 Å². The zero-order valence-corrected chi connectivity index (χ0v) is 24.1. The van der Waals surface area contributed by atoms with Gasteiger partial charge in [-0.2, -0.15) is 0 Å². The van der Waals surface area contributed by atoms with Crippen molar-refractivity contribution in [2.24, 2.45) is 0 Å². The minimum atomic E-state index is -0.555. The molecule has 1 heterocycles. The summed E-state index contributed by atoms with van der Waals surface area (Å²) >= 11 is 9.10. The number of thioether (sulfide) groups is 1. The molecule has 1 saturated heterocycles. The van der Waals surface area contributed by atoms with Crippen LogP contribution in [0.2, 0.25) is 5.02 Å². The van der Waals surface area contributed by atoms with Crippen LogP contribution >= 0.6 is 46.0 Å². The highest BCUT2D eigenvalue weighted by Crippen LogP contribution is 2.35. The van der Waals surface area contributed by atoms with Gasteiger partial charge < -0.3 is 19.5 Å². The molecular formula is C27H22ClIN2O6S. The van der Waals surface area contributed by atoms with Gasteiger partial charge in [0.05, 0.1) is 24.1 Å². The number of nitrogens with zero attached hydrogens (tertiary/aromatic N) is 1. The maximum atomic E-state index is 12.9. The predicted octanol–water partition coefficient (Wildman–Crippen LogP) is 6.22. The van der Waals surface area contributed by atoms with Crippen molar-refractivity contribution in [2.75, 3.05) is 26.1 Å². The highest BCUT2D eigenvalue weighted by molar-refractivity contribution is 14.1. The molecule has 3 aromatic carbocycles. The van der Waals surface area contributed by atoms with E-state index in [1.807, 2.05) is 24.3 Å². The SMILES string of the molecule is COc1ccc(NC(=O)CN2C(=O)S/C(=C\c3ccc(OCc4ccc(I)cc4)c(OC)c3)C2=O)cc1Cl. The van der Waals surface area contributed by atoms with Gasteiger partial charge in [-0.05, 0) is 94.0 Å². The Morgan fingerprint density at radius 1 is 1.00 bits per heavy atom. The summed E-state index contributed by atoms with van der Waals surface area (Å²) in [5.41, 5.74) is 2.08. The molecule has 0 unspecified atom stereocenters. The van der Waals surface area contributed by atoms with E-state index in [0.717, 1.165) is 25.8 Å². The largest absolute Gasteiger partial charge is 0.495 e. The lowest BCUT2D eigenvalue weighted by Crippen LogP contribution is -2.36. The molecule has 3 amide bonds. The highest BCUT2D eigenvalue weighted by atomic mass is 127. The van der Waals surface area contributed by atoms with Crippen LogP contribution in [0.3, 0.4) is 0 Å². The minimum Gasteiger partial charge on any atom is -0.495 e. The molecule has 0 aliphatic carbocycles. The van der Waals surface area contributed by atoms with Crippen LogP contribution in [0.15, 0.2) is 65.6 Å². The third-order valence-corrected chi connectivity index (χ3v) is 7.33. The zero-order chi connectivity index (χ0) is 27.2. The molecular weight excluding hydrogens is 643 g/mol. The number of nitrogens with one attached hydrogen (secondary N) is 1. The summed E-state index contributed by atoms with van der Waals surface area (Å²) in [4.78, 5) is 39.0. The third kappa shape index (κ3) is 6.80. The summed E-state index contributed by atoms with van der Waals surface area (Å²) in [6.45, 7) is -0.0589. The molecule has 1 aliphatic heterocycles. The molecule has 0 spiro atoms. The number of benzene rings is 3. The van der Waals surface area contributed by atoms with Crippen molar-refractivity contribution in [3.63, 3.8) is 0 Å². The Morgan fingerprint density at radius 3 is 2.39 bits per heavy atom. The fourth-order valence-corrected chi connectivity index (χ4v) is 4.97. The van der Waals surface area contributed by atoms with Crippen molar-refractivity contribution in [3.8, 4) is 17.2 Å². The number of ether oxygens (including phenoxy) is 3. The number of carbonyl (C=O) groups is 3. The summed E-state index contributed by atoms with van der Waals surface area (Å²) < 4.78 is 17.6. The van der Waals surface area contributed by atoms with Crippen molar-refractivity contribution >= 4 is 74.8 Å². The quantitative estimate of drug-likeness (QED) is 0.215. The average molecular weight is 665 g/mol. The van der Waals surface area contributed by atoms with Crippen molar-refractivity contribution in [3.05, 3.63) is 85.3 Å². The van der Waals surface area contributed by atoms with Crippen LogP contribution in [0.25, 0.3) is 6.08 Å². The van der Waals surface area contributed by atoms with Crippen molar-refractivity contribution in [1.29, 1.82) is 0 Å². The first-order valence-electron chi connectivity index (χ1n) is 11.2. The molecule has 196 valence electrons. The van der Waals surface area contributed by atoms with Gasteiger partial charge in [-0.1, -0.05) is 29.8 Å². The molecule has 1 N–H and O–H groups in total. The number of methoxy groups -OCH3 is 2. The second-order valence-electron chi connectivity index (χ2n) is 7.99. The van der Waals surface area contributed by atoms with Gasteiger partial charge >= 0.3 is 0 Å². The van der Waals surface area contributed by atoms with Crippen LogP contribution in [0, 0.1) is 3.57 Å². The van der Waals surface area contributed by atoms with Gasteiger partial charge in [0.25, 0.3) is 11.1 Å². The molecule has 0 radical (unpaired) electrons. The first-order chi connectivity index (χ1) is 18.3. The van der Waals surface area contributed by atoms with E-state index in [1.165, 1.54) is 20.3 Å². The molecule has 38 heavy (non-hydrogen) atoms. The van der Waals surface area contributed by atoms with Crippen molar-refractivity contribution < 1.29 is 28.6 Å². The Kier molecular flexibility index (Phi) is 9.18. The molecule has 3 aromatic rings. The van der Waals surface area contributed by atoms with Gasteiger partial charge in [0.15, 0.2) is 11.5 Å². The highest BCUT2D eigenvalue weighted by Gasteiger charge is 2.36. The van der Waals surface area contributed by atoms with E-state index in [1.54, 1.807) is 36.4 Å². The molecule has 4 rings (SSSR count). The predicted molar refractivity (Wildman–Crippen MR) is 156 cm³/mol. The smallest absolute Gasteiger partial charge is 0.294 e. The van der Waals surface area contributed by atoms with Gasteiger partial charge in [0.1, 0.15) is 18.9 Å². The lowest BCUT2D eigenvalue weighted by molar-refractivity contribution is -0.127. The standard InChI is InChI=1S/C27H22ClIN2O6S/c1-35-21-10-8-19(13-20(21)28)30-25(32)14-31-26(33)24(38-27(31)34)12-17-5-9-22(23(11-17)36-2)37-15-16-3-6-18(29)7-4-16/h3-13H,14-15H2,1-2H3,(H,30,32)/b24-12-. The number of amides is 3. The Balaban J connectivity index is 1.41. The lowest BCUT2D eigenvalue weighted by Gasteiger charge is -2.13. The zero-order valence-electron chi connectivity index (χ0n) is 20.3. The Labute approximate surface area is 242 Å². The number of halogens is 2. The number of hydrogen-bond donors (Lipinski definition) is 1. The number of hydrogen-bond acceptors (Lipinski definition) is 7.